The van der Waals surface area contributed by atoms with Gasteiger partial charge in [-0.1, -0.05) is 0 Å². The van der Waals surface area contributed by atoms with Crippen LogP contribution in [-0.2, 0) is 11.3 Å². The highest BCUT2D eigenvalue weighted by Gasteiger charge is 2.19. The maximum Gasteiger partial charge on any atom is 0.268 e. The number of amides is 2. The van der Waals surface area contributed by atoms with Gasteiger partial charge in [-0.15, -0.1) is 0 Å². The summed E-state index contributed by atoms with van der Waals surface area (Å²) >= 11 is 0. The highest BCUT2D eigenvalue weighted by Crippen LogP contribution is 2.24. The van der Waals surface area contributed by atoms with Crippen LogP contribution in [-0.4, -0.2) is 40.7 Å². The van der Waals surface area contributed by atoms with Crippen LogP contribution in [0, 0.1) is 0 Å². The fourth-order valence-corrected chi connectivity index (χ4v) is 2.83. The molecule has 2 heterocycles. The molecule has 0 saturated heterocycles. The van der Waals surface area contributed by atoms with Crippen LogP contribution >= 0.6 is 0 Å². The summed E-state index contributed by atoms with van der Waals surface area (Å²) in [7, 11) is 0. The third-order valence-electron chi connectivity index (χ3n) is 4.02. The summed E-state index contributed by atoms with van der Waals surface area (Å²) in [4.78, 5) is 22.6. The zero-order valence-electron chi connectivity index (χ0n) is 12.7. The molecule has 2 aromatic rings. The Hall–Kier alpha value is -2.54. The monoisotopic (exact) mass is 316 g/mol. The first kappa shape index (κ1) is 15.4. The van der Waals surface area contributed by atoms with Gasteiger partial charge in [-0.25, -0.2) is 0 Å². The molecule has 0 radical (unpaired) electrons. The number of rotatable bonds is 6. The lowest BCUT2D eigenvalue weighted by Gasteiger charge is -2.16. The summed E-state index contributed by atoms with van der Waals surface area (Å²) in [5.41, 5.74) is 7.62. The molecular formula is C16H20N4O3. The van der Waals surface area contributed by atoms with E-state index in [4.69, 9.17) is 5.73 Å². The maximum atomic E-state index is 11.9. The van der Waals surface area contributed by atoms with Crippen molar-refractivity contribution < 1.29 is 14.7 Å². The van der Waals surface area contributed by atoms with Crippen LogP contribution in [0.1, 0.15) is 23.3 Å². The van der Waals surface area contributed by atoms with Crippen LogP contribution in [0.5, 0.6) is 0 Å². The molecule has 0 saturated carbocycles. The molecule has 2 amide bonds. The van der Waals surface area contributed by atoms with E-state index in [9.17, 15) is 14.7 Å². The summed E-state index contributed by atoms with van der Waals surface area (Å²) in [5, 5.41) is 16.8. The van der Waals surface area contributed by atoms with E-state index in [1.54, 1.807) is 0 Å². The van der Waals surface area contributed by atoms with Crippen LogP contribution < -0.4 is 16.4 Å². The number of carbonyl (C=O) groups is 2. The number of hydrogen-bond acceptors (Lipinski definition) is 4. The summed E-state index contributed by atoms with van der Waals surface area (Å²) in [6, 6.07) is 7.71. The van der Waals surface area contributed by atoms with Gasteiger partial charge in [-0.2, -0.15) is 0 Å². The van der Waals surface area contributed by atoms with Crippen molar-refractivity contribution in [2.45, 2.75) is 25.5 Å². The number of aliphatic hydroxyl groups excluding tert-OH is 1. The van der Waals surface area contributed by atoms with Gasteiger partial charge in [-0.3, -0.25) is 9.59 Å². The molecule has 5 N–H and O–H groups in total. The number of hydrogen-bond donors (Lipinski definition) is 4. The second kappa shape index (κ2) is 6.29. The van der Waals surface area contributed by atoms with Crippen LogP contribution in [0.4, 0.5) is 5.69 Å². The highest BCUT2D eigenvalue weighted by molar-refractivity contribution is 6.00. The second-order valence-corrected chi connectivity index (χ2v) is 5.75. The summed E-state index contributed by atoms with van der Waals surface area (Å²) in [6.07, 6.45) is -0.125. The predicted molar refractivity (Wildman–Crippen MR) is 87.2 cm³/mol. The molecule has 0 bridgehead atoms. The average Bonchev–Trinajstić information content (AvgIpc) is 2.90. The minimum Gasteiger partial charge on any atom is -0.391 e. The smallest absolute Gasteiger partial charge is 0.268 e. The van der Waals surface area contributed by atoms with Gasteiger partial charge in [-0.05, 0) is 30.7 Å². The molecule has 1 aromatic heterocycles. The largest absolute Gasteiger partial charge is 0.391 e. The molecule has 3 rings (SSSR count). The minimum atomic E-state index is -0.633. The zero-order valence-corrected chi connectivity index (χ0v) is 12.7. The van der Waals surface area contributed by atoms with Crippen molar-refractivity contribution in [2.24, 2.45) is 5.73 Å². The van der Waals surface area contributed by atoms with Gasteiger partial charge < -0.3 is 26.0 Å². The molecule has 1 aromatic carbocycles. The third kappa shape index (κ3) is 3.29. The fourth-order valence-electron chi connectivity index (χ4n) is 2.83. The molecule has 7 heteroatoms. The first-order valence-electron chi connectivity index (χ1n) is 7.66. The molecule has 1 aliphatic heterocycles. The number of nitrogens with two attached hydrogens (primary N) is 1. The van der Waals surface area contributed by atoms with E-state index < -0.39 is 12.0 Å². The fraction of sp³-hybridized carbons (Fsp3) is 0.375. The standard InChI is InChI=1S/C16H20N4O3/c17-15(22)4-2-12(21)9-19-11-1-3-13-10(7-11)8-14-16(23)18-5-6-20(13)14/h1,3,7-8,12,19,21H,2,4-6,9H2,(H2,17,22)(H,18,23)/t12-/m1/s1. The van der Waals surface area contributed by atoms with E-state index in [1.165, 1.54) is 0 Å². The van der Waals surface area contributed by atoms with Gasteiger partial charge in [0.25, 0.3) is 5.91 Å². The number of nitrogens with zero attached hydrogens (tertiary/aromatic N) is 1. The van der Waals surface area contributed by atoms with E-state index in [2.05, 4.69) is 10.6 Å². The lowest BCUT2D eigenvalue weighted by atomic mass is 10.2. The molecule has 0 spiro atoms. The van der Waals surface area contributed by atoms with Crippen molar-refractivity contribution in [1.82, 2.24) is 9.88 Å². The number of primary amides is 1. The van der Waals surface area contributed by atoms with E-state index in [1.807, 2.05) is 28.8 Å². The number of anilines is 1. The molecule has 1 atom stereocenters. The molecule has 0 aliphatic carbocycles. The van der Waals surface area contributed by atoms with Crippen LogP contribution in [0.2, 0.25) is 0 Å². The van der Waals surface area contributed by atoms with Crippen molar-refractivity contribution in [3.63, 3.8) is 0 Å². The Morgan fingerprint density at radius 3 is 3.04 bits per heavy atom. The molecule has 122 valence electrons. The number of carbonyl (C=O) groups excluding carboxylic acids is 2. The van der Waals surface area contributed by atoms with E-state index in [-0.39, 0.29) is 12.3 Å². The number of fused-ring (bicyclic) bond motifs is 3. The van der Waals surface area contributed by atoms with Gasteiger partial charge in [0, 0.05) is 42.6 Å². The topological polar surface area (TPSA) is 109 Å². The quantitative estimate of drug-likeness (QED) is 0.619. The molecule has 1 aliphatic rings. The predicted octanol–water partition coefficient (Wildman–Crippen LogP) is 0.423. The Labute approximate surface area is 133 Å². The Morgan fingerprint density at radius 1 is 1.43 bits per heavy atom. The number of aliphatic hydroxyl groups is 1. The first-order valence-corrected chi connectivity index (χ1v) is 7.66. The average molecular weight is 316 g/mol. The SMILES string of the molecule is NC(=O)CC[C@@H](O)CNc1ccc2c(c1)cc1n2CCNC1=O. The molecular weight excluding hydrogens is 296 g/mol. The maximum absolute atomic E-state index is 11.9. The Bertz CT molecular complexity index is 753. The van der Waals surface area contributed by atoms with Gasteiger partial charge >= 0.3 is 0 Å². The molecule has 23 heavy (non-hydrogen) atoms. The van der Waals surface area contributed by atoms with Crippen LogP contribution in [0.15, 0.2) is 24.3 Å². The summed E-state index contributed by atoms with van der Waals surface area (Å²) < 4.78 is 2.01. The van der Waals surface area contributed by atoms with Crippen molar-refractivity contribution >= 4 is 28.4 Å². The molecule has 0 unspecified atom stereocenters. The van der Waals surface area contributed by atoms with E-state index in [0.29, 0.717) is 25.2 Å². The number of nitrogens with one attached hydrogen (secondary N) is 2. The van der Waals surface area contributed by atoms with Crippen LogP contribution in [0.3, 0.4) is 0 Å². The minimum absolute atomic E-state index is 0.0520. The van der Waals surface area contributed by atoms with Gasteiger partial charge in [0.2, 0.25) is 5.91 Å². The van der Waals surface area contributed by atoms with Crippen molar-refractivity contribution in [3.05, 3.63) is 30.0 Å². The lowest BCUT2D eigenvalue weighted by molar-refractivity contribution is -0.118. The summed E-state index contributed by atoms with van der Waals surface area (Å²) in [6.45, 7) is 1.75. The normalized spacial score (nSPS) is 15.1. The molecule has 0 fully saturated rings. The van der Waals surface area contributed by atoms with Gasteiger partial charge in [0.15, 0.2) is 0 Å². The third-order valence-corrected chi connectivity index (χ3v) is 4.02. The van der Waals surface area contributed by atoms with E-state index >= 15 is 0 Å². The van der Waals surface area contributed by atoms with Crippen molar-refractivity contribution in [3.8, 4) is 0 Å². The van der Waals surface area contributed by atoms with Gasteiger partial charge in [0.1, 0.15) is 5.69 Å². The lowest BCUT2D eigenvalue weighted by Crippen LogP contribution is -2.34. The van der Waals surface area contributed by atoms with Crippen molar-refractivity contribution in [2.75, 3.05) is 18.4 Å². The number of aromatic nitrogens is 1. The second-order valence-electron chi connectivity index (χ2n) is 5.75. The Kier molecular flexibility index (Phi) is 4.20. The molecule has 7 nitrogen and oxygen atoms in total. The summed E-state index contributed by atoms with van der Waals surface area (Å²) in [5.74, 6) is -0.466. The van der Waals surface area contributed by atoms with E-state index in [0.717, 1.165) is 23.1 Å². The van der Waals surface area contributed by atoms with Crippen molar-refractivity contribution in [1.29, 1.82) is 0 Å². The zero-order chi connectivity index (χ0) is 16.4. The Morgan fingerprint density at radius 2 is 2.26 bits per heavy atom. The first-order chi connectivity index (χ1) is 11.0. The Balaban J connectivity index is 1.71. The number of benzene rings is 1. The van der Waals surface area contributed by atoms with Gasteiger partial charge in [0.05, 0.1) is 6.10 Å². The van der Waals surface area contributed by atoms with Crippen LogP contribution in [0.25, 0.3) is 10.9 Å². The highest BCUT2D eigenvalue weighted by atomic mass is 16.3.